The van der Waals surface area contributed by atoms with E-state index in [1.54, 1.807) is 6.92 Å². The third kappa shape index (κ3) is 5.19. The number of carbonyl (C=O) groups is 3. The van der Waals surface area contributed by atoms with Gasteiger partial charge in [0.2, 0.25) is 5.91 Å². The van der Waals surface area contributed by atoms with Crippen LogP contribution in [0.25, 0.3) is 0 Å². The van der Waals surface area contributed by atoms with Gasteiger partial charge in [-0.15, -0.1) is 0 Å². The van der Waals surface area contributed by atoms with Gasteiger partial charge in [0.1, 0.15) is 5.76 Å². The third-order valence-corrected chi connectivity index (χ3v) is 6.90. The average Bonchev–Trinajstić information content (AvgIpc) is 3.08. The topological polar surface area (TPSA) is 106 Å². The van der Waals surface area contributed by atoms with Crippen molar-refractivity contribution in [3.8, 4) is 0 Å². The Labute approximate surface area is 194 Å². The summed E-state index contributed by atoms with van der Waals surface area (Å²) in [5.74, 6) is 0.371. The van der Waals surface area contributed by atoms with Gasteiger partial charge in [0.15, 0.2) is 11.5 Å². The molecule has 0 radical (unpaired) electrons. The van der Waals surface area contributed by atoms with Gasteiger partial charge >= 0.3 is 0 Å². The van der Waals surface area contributed by atoms with Crippen LogP contribution in [0.15, 0.2) is 28.7 Å². The van der Waals surface area contributed by atoms with Crippen LogP contribution in [-0.4, -0.2) is 42.1 Å². The molecule has 0 unspecified atom stereocenters. The van der Waals surface area contributed by atoms with Gasteiger partial charge in [-0.1, -0.05) is 26.0 Å². The maximum absolute atomic E-state index is 12.9. The zero-order valence-corrected chi connectivity index (χ0v) is 19.7. The monoisotopic (exact) mass is 451 g/mol. The zero-order chi connectivity index (χ0) is 23.8. The molecule has 0 atom stereocenters. The van der Waals surface area contributed by atoms with E-state index in [9.17, 15) is 14.4 Å². The quantitative estimate of drug-likeness (QED) is 0.696. The fourth-order valence-corrected chi connectivity index (χ4v) is 4.97. The summed E-state index contributed by atoms with van der Waals surface area (Å²) < 4.78 is 5.86. The van der Waals surface area contributed by atoms with Crippen LogP contribution in [0.5, 0.6) is 0 Å². The summed E-state index contributed by atoms with van der Waals surface area (Å²) in [6.07, 6.45) is 3.68. The molecule has 2 heterocycles. The van der Waals surface area contributed by atoms with E-state index in [0.29, 0.717) is 35.4 Å². The summed E-state index contributed by atoms with van der Waals surface area (Å²) in [4.78, 5) is 39.1. The van der Waals surface area contributed by atoms with Crippen molar-refractivity contribution in [2.75, 3.05) is 25.0 Å². The van der Waals surface area contributed by atoms with Gasteiger partial charge in [-0.3, -0.25) is 14.4 Å². The van der Waals surface area contributed by atoms with Crippen molar-refractivity contribution in [3.63, 3.8) is 0 Å². The molecule has 2 amide bonds. The van der Waals surface area contributed by atoms with E-state index in [1.807, 2.05) is 38.1 Å². The standard InChI is InChI=1S/C26H33N3O4/c1-16-22-20(30)14-26(2,3)15-21(22)33-23(16)25(32)28-19-6-4-17(5-7-19)8-11-29-12-9-18(10-13-29)24(27)31/h4-7,18H,8-15H2,1-3H3,(H2,27,31)(H,28,32). The molecule has 33 heavy (non-hydrogen) atoms. The van der Waals surface area contributed by atoms with Crippen molar-refractivity contribution < 1.29 is 18.8 Å². The number of nitrogens with zero attached hydrogens (tertiary/aromatic N) is 1. The Hall–Kier alpha value is -2.93. The Kier molecular flexibility index (Phi) is 6.43. The molecular weight excluding hydrogens is 418 g/mol. The Morgan fingerprint density at radius 1 is 1.15 bits per heavy atom. The number of carbonyl (C=O) groups excluding carboxylic acids is 3. The lowest BCUT2D eigenvalue weighted by molar-refractivity contribution is -0.123. The normalized spacial score (nSPS) is 18.7. The molecule has 176 valence electrons. The van der Waals surface area contributed by atoms with Gasteiger partial charge in [-0.25, -0.2) is 0 Å². The number of benzene rings is 1. The Morgan fingerprint density at radius 2 is 1.82 bits per heavy atom. The molecule has 1 fully saturated rings. The number of hydrogen-bond acceptors (Lipinski definition) is 5. The summed E-state index contributed by atoms with van der Waals surface area (Å²) in [6.45, 7) is 8.58. The maximum atomic E-state index is 12.9. The minimum atomic E-state index is -0.336. The van der Waals surface area contributed by atoms with Crippen LogP contribution in [0.3, 0.4) is 0 Å². The molecule has 3 N–H and O–H groups in total. The second-order valence-corrected chi connectivity index (χ2v) is 10.2. The number of anilines is 1. The number of piperidine rings is 1. The maximum Gasteiger partial charge on any atom is 0.291 e. The molecule has 4 rings (SSSR count). The first-order valence-corrected chi connectivity index (χ1v) is 11.7. The van der Waals surface area contributed by atoms with Crippen LogP contribution >= 0.6 is 0 Å². The molecule has 7 nitrogen and oxygen atoms in total. The summed E-state index contributed by atoms with van der Waals surface area (Å²) >= 11 is 0. The Bertz CT molecular complexity index is 1060. The van der Waals surface area contributed by atoms with E-state index in [2.05, 4.69) is 10.2 Å². The number of likely N-dealkylation sites (tertiary alicyclic amines) is 1. The number of fused-ring (bicyclic) bond motifs is 1. The molecule has 1 aliphatic heterocycles. The van der Waals surface area contributed by atoms with Crippen molar-refractivity contribution in [1.29, 1.82) is 0 Å². The summed E-state index contributed by atoms with van der Waals surface area (Å²) in [6, 6.07) is 7.80. The molecule has 0 bridgehead atoms. The van der Waals surface area contributed by atoms with Crippen molar-refractivity contribution >= 4 is 23.3 Å². The second-order valence-electron chi connectivity index (χ2n) is 10.2. The minimum absolute atomic E-state index is 0.0112. The molecule has 2 aliphatic rings. The van der Waals surface area contributed by atoms with Crippen LogP contribution in [0, 0.1) is 18.3 Å². The predicted octanol–water partition coefficient (Wildman–Crippen LogP) is 3.74. The highest BCUT2D eigenvalue weighted by molar-refractivity contribution is 6.07. The first-order valence-electron chi connectivity index (χ1n) is 11.7. The molecule has 0 saturated carbocycles. The molecule has 1 saturated heterocycles. The lowest BCUT2D eigenvalue weighted by Gasteiger charge is -2.30. The molecule has 1 aliphatic carbocycles. The molecule has 7 heteroatoms. The van der Waals surface area contributed by atoms with Gasteiger partial charge < -0.3 is 20.4 Å². The Morgan fingerprint density at radius 3 is 2.45 bits per heavy atom. The minimum Gasteiger partial charge on any atom is -0.455 e. The Balaban J connectivity index is 1.34. The van der Waals surface area contributed by atoms with Gasteiger partial charge in [0.05, 0.1) is 5.56 Å². The average molecular weight is 452 g/mol. The van der Waals surface area contributed by atoms with E-state index in [1.165, 1.54) is 5.56 Å². The number of furan rings is 1. The van der Waals surface area contributed by atoms with E-state index < -0.39 is 0 Å². The molecule has 0 spiro atoms. The number of primary amides is 1. The first kappa shape index (κ1) is 23.2. The zero-order valence-electron chi connectivity index (χ0n) is 19.7. The van der Waals surface area contributed by atoms with E-state index >= 15 is 0 Å². The predicted molar refractivity (Wildman–Crippen MR) is 126 cm³/mol. The second kappa shape index (κ2) is 9.14. The van der Waals surface area contributed by atoms with Gasteiger partial charge in [0.25, 0.3) is 5.91 Å². The van der Waals surface area contributed by atoms with Crippen LogP contribution in [0.2, 0.25) is 0 Å². The van der Waals surface area contributed by atoms with E-state index in [-0.39, 0.29) is 34.7 Å². The SMILES string of the molecule is Cc1c(C(=O)Nc2ccc(CCN3CCC(C(N)=O)CC3)cc2)oc2c1C(=O)CC(C)(C)C2. The molecule has 2 aromatic rings. The highest BCUT2D eigenvalue weighted by Gasteiger charge is 2.37. The number of amides is 2. The van der Waals surface area contributed by atoms with Crippen molar-refractivity contribution in [2.24, 2.45) is 17.1 Å². The van der Waals surface area contributed by atoms with Crippen LogP contribution in [-0.2, 0) is 17.6 Å². The highest BCUT2D eigenvalue weighted by atomic mass is 16.4. The number of rotatable bonds is 6. The summed E-state index contributed by atoms with van der Waals surface area (Å²) in [5.41, 5.74) is 8.32. The van der Waals surface area contributed by atoms with E-state index in [4.69, 9.17) is 10.2 Å². The van der Waals surface area contributed by atoms with Crippen molar-refractivity contribution in [1.82, 2.24) is 4.90 Å². The van der Waals surface area contributed by atoms with Crippen LogP contribution < -0.4 is 11.1 Å². The number of ketones is 1. The number of nitrogens with two attached hydrogens (primary N) is 1. The molecule has 1 aromatic heterocycles. The summed E-state index contributed by atoms with van der Waals surface area (Å²) in [7, 11) is 0. The first-order chi connectivity index (χ1) is 15.6. The van der Waals surface area contributed by atoms with Crippen molar-refractivity contribution in [3.05, 3.63) is 52.5 Å². The van der Waals surface area contributed by atoms with Gasteiger partial charge in [-0.2, -0.15) is 0 Å². The number of Topliss-reactive ketones (excluding diaryl/α,β-unsaturated/α-hetero) is 1. The molecular formula is C26H33N3O4. The number of nitrogens with one attached hydrogen (secondary N) is 1. The van der Waals surface area contributed by atoms with Crippen LogP contribution in [0.1, 0.15) is 70.9 Å². The number of hydrogen-bond donors (Lipinski definition) is 2. The fourth-order valence-electron chi connectivity index (χ4n) is 4.97. The highest BCUT2D eigenvalue weighted by Crippen LogP contribution is 2.38. The lowest BCUT2D eigenvalue weighted by atomic mass is 9.76. The van der Waals surface area contributed by atoms with Crippen molar-refractivity contribution in [2.45, 2.75) is 52.9 Å². The van der Waals surface area contributed by atoms with Gasteiger partial charge in [-0.05, 0) is 62.4 Å². The smallest absolute Gasteiger partial charge is 0.291 e. The third-order valence-electron chi connectivity index (χ3n) is 6.90. The lowest BCUT2D eigenvalue weighted by Crippen LogP contribution is -2.39. The largest absolute Gasteiger partial charge is 0.455 e. The van der Waals surface area contributed by atoms with Gasteiger partial charge in [0, 0.05) is 36.6 Å². The fraction of sp³-hybridized carbons (Fsp3) is 0.500. The molecule has 1 aromatic carbocycles. The van der Waals surface area contributed by atoms with E-state index in [0.717, 1.165) is 38.9 Å². The van der Waals surface area contributed by atoms with Crippen LogP contribution in [0.4, 0.5) is 5.69 Å². The summed E-state index contributed by atoms with van der Waals surface area (Å²) in [5, 5.41) is 2.89.